The average molecular weight is 480 g/mol. The number of nitrogen functional groups attached to an aromatic ring is 2. The van der Waals surface area contributed by atoms with E-state index in [0.29, 0.717) is 39.7 Å². The van der Waals surface area contributed by atoms with Crippen molar-refractivity contribution in [2.24, 2.45) is 0 Å². The summed E-state index contributed by atoms with van der Waals surface area (Å²) in [6.07, 6.45) is 5.83. The lowest BCUT2D eigenvalue weighted by atomic mass is 10.1. The number of ether oxygens (including phenoxy) is 1. The van der Waals surface area contributed by atoms with Gasteiger partial charge >= 0.3 is 0 Å². The van der Waals surface area contributed by atoms with Crippen LogP contribution in [0.3, 0.4) is 0 Å². The van der Waals surface area contributed by atoms with Crippen LogP contribution in [0.2, 0.25) is 0 Å². The van der Waals surface area contributed by atoms with Crippen molar-refractivity contribution in [1.82, 2.24) is 19.7 Å². The average Bonchev–Trinajstić information content (AvgIpc) is 3.48. The van der Waals surface area contributed by atoms with Gasteiger partial charge in [0.25, 0.3) is 10.0 Å². The number of aromatic nitrogens is 4. The van der Waals surface area contributed by atoms with Crippen LogP contribution in [0.5, 0.6) is 5.75 Å². The summed E-state index contributed by atoms with van der Waals surface area (Å²) in [5, 5.41) is 5.54. The van der Waals surface area contributed by atoms with Gasteiger partial charge in [-0.25, -0.2) is 23.1 Å². The number of hydrogen-bond donors (Lipinski definition) is 3. The summed E-state index contributed by atoms with van der Waals surface area (Å²) in [5.41, 5.74) is 14.7. The molecule has 2 aromatic carbocycles. The second-order valence-electron chi connectivity index (χ2n) is 8.28. The van der Waals surface area contributed by atoms with Crippen LogP contribution in [0.15, 0.2) is 53.7 Å². The Labute approximate surface area is 197 Å². The van der Waals surface area contributed by atoms with Gasteiger partial charge in [0.15, 0.2) is 5.65 Å². The lowest BCUT2D eigenvalue weighted by Gasteiger charge is -2.13. The van der Waals surface area contributed by atoms with Crippen molar-refractivity contribution in [2.45, 2.75) is 36.6 Å². The van der Waals surface area contributed by atoms with E-state index in [4.69, 9.17) is 21.3 Å². The molecule has 10 nitrogen and oxygen atoms in total. The molecule has 1 aliphatic carbocycles. The quantitative estimate of drug-likeness (QED) is 0.355. The Kier molecular flexibility index (Phi) is 5.48. The highest BCUT2D eigenvalue weighted by molar-refractivity contribution is 7.92. The molecule has 34 heavy (non-hydrogen) atoms. The number of fused-ring (bicyclic) bond motifs is 1. The summed E-state index contributed by atoms with van der Waals surface area (Å²) in [7, 11) is -2.35. The highest BCUT2D eigenvalue weighted by Crippen LogP contribution is 2.39. The third kappa shape index (κ3) is 3.87. The lowest BCUT2D eigenvalue weighted by Crippen LogP contribution is -2.13. The number of hydrogen-bond acceptors (Lipinski definition) is 8. The monoisotopic (exact) mass is 479 g/mol. The molecule has 0 spiro atoms. The Bertz CT molecular complexity index is 1460. The number of nitrogens with zero attached hydrogens (tertiary/aromatic N) is 4. The van der Waals surface area contributed by atoms with Crippen molar-refractivity contribution in [3.8, 4) is 17.0 Å². The largest absolute Gasteiger partial charge is 0.495 e. The maximum absolute atomic E-state index is 12.8. The molecule has 1 fully saturated rings. The summed E-state index contributed by atoms with van der Waals surface area (Å²) in [6, 6.07) is 11.4. The van der Waals surface area contributed by atoms with Crippen molar-refractivity contribution in [3.05, 3.63) is 48.8 Å². The second kappa shape index (κ2) is 8.49. The SMILES string of the molecule is COc1cc(-c2nn(C3CCCC3)c3ncnc(N)c23)ccc1NS(=O)(=O)c1ccc(N)cc1. The summed E-state index contributed by atoms with van der Waals surface area (Å²) >= 11 is 0. The van der Waals surface area contributed by atoms with E-state index in [2.05, 4.69) is 14.7 Å². The zero-order valence-electron chi connectivity index (χ0n) is 18.6. The Balaban J connectivity index is 1.56. The van der Waals surface area contributed by atoms with Crippen LogP contribution < -0.4 is 20.9 Å². The van der Waals surface area contributed by atoms with E-state index in [1.54, 1.807) is 18.2 Å². The standard InChI is InChI=1S/C23H25N7O3S/c1-33-19-12-14(6-11-18(19)29-34(31,32)17-9-7-15(24)8-10-17)21-20-22(25)26-13-27-23(20)30(28-21)16-4-2-3-5-16/h6-13,16,29H,2-5,24H2,1H3,(H2,25,26,27). The molecule has 0 bridgehead atoms. The molecule has 5 N–H and O–H groups in total. The first kappa shape index (κ1) is 22.0. The van der Waals surface area contributed by atoms with Crippen LogP contribution in [-0.2, 0) is 10.0 Å². The van der Waals surface area contributed by atoms with Crippen LogP contribution in [0.4, 0.5) is 17.2 Å². The molecule has 11 heteroatoms. The lowest BCUT2D eigenvalue weighted by molar-refractivity contribution is 0.417. The number of rotatable bonds is 6. The van der Waals surface area contributed by atoms with Crippen molar-refractivity contribution in [2.75, 3.05) is 23.3 Å². The number of anilines is 3. The highest BCUT2D eigenvalue weighted by Gasteiger charge is 2.25. The molecule has 5 rings (SSSR count). The molecule has 1 aliphatic rings. The van der Waals surface area contributed by atoms with Gasteiger partial charge in [-0.3, -0.25) is 4.72 Å². The predicted molar refractivity (Wildman–Crippen MR) is 131 cm³/mol. The number of methoxy groups -OCH3 is 1. The van der Waals surface area contributed by atoms with Crippen LogP contribution >= 0.6 is 0 Å². The first-order valence-electron chi connectivity index (χ1n) is 10.9. The summed E-state index contributed by atoms with van der Waals surface area (Å²) in [6.45, 7) is 0. The minimum absolute atomic E-state index is 0.0963. The minimum Gasteiger partial charge on any atom is -0.495 e. The molecule has 1 saturated carbocycles. The Hall–Kier alpha value is -3.86. The second-order valence-corrected chi connectivity index (χ2v) is 9.96. The van der Waals surface area contributed by atoms with E-state index in [0.717, 1.165) is 31.2 Å². The molecule has 176 valence electrons. The minimum atomic E-state index is -3.83. The zero-order valence-corrected chi connectivity index (χ0v) is 19.4. The van der Waals surface area contributed by atoms with Crippen molar-refractivity contribution >= 4 is 38.2 Å². The fourth-order valence-corrected chi connectivity index (χ4v) is 5.44. The Morgan fingerprint density at radius 3 is 2.50 bits per heavy atom. The molecule has 0 radical (unpaired) electrons. The van der Waals surface area contributed by atoms with Gasteiger partial charge in [0, 0.05) is 11.3 Å². The van der Waals surface area contributed by atoms with Gasteiger partial charge in [-0.1, -0.05) is 18.9 Å². The molecule has 0 saturated heterocycles. The maximum Gasteiger partial charge on any atom is 0.262 e. The first-order valence-corrected chi connectivity index (χ1v) is 12.4. The molecular formula is C23H25N7O3S. The van der Waals surface area contributed by atoms with Gasteiger partial charge < -0.3 is 16.2 Å². The molecule has 0 atom stereocenters. The number of nitrogens with two attached hydrogens (primary N) is 2. The van der Waals surface area contributed by atoms with E-state index in [1.165, 1.54) is 37.7 Å². The van der Waals surface area contributed by atoms with Crippen LogP contribution in [0, 0.1) is 0 Å². The third-order valence-corrected chi connectivity index (χ3v) is 7.48. The van der Waals surface area contributed by atoms with Crippen LogP contribution in [0.1, 0.15) is 31.7 Å². The van der Waals surface area contributed by atoms with E-state index in [9.17, 15) is 8.42 Å². The molecular weight excluding hydrogens is 454 g/mol. The molecule has 0 amide bonds. The number of benzene rings is 2. The topological polar surface area (TPSA) is 151 Å². The van der Waals surface area contributed by atoms with E-state index in [1.807, 2.05) is 4.68 Å². The Morgan fingerprint density at radius 2 is 1.79 bits per heavy atom. The van der Waals surface area contributed by atoms with Crippen LogP contribution in [0.25, 0.3) is 22.3 Å². The van der Waals surface area contributed by atoms with Gasteiger partial charge in [0.05, 0.1) is 29.1 Å². The Morgan fingerprint density at radius 1 is 1.06 bits per heavy atom. The van der Waals surface area contributed by atoms with Crippen molar-refractivity contribution < 1.29 is 13.2 Å². The zero-order chi connectivity index (χ0) is 23.9. The van der Waals surface area contributed by atoms with E-state index in [-0.39, 0.29) is 10.9 Å². The summed E-state index contributed by atoms with van der Waals surface area (Å²) in [5.74, 6) is 0.687. The molecule has 2 aromatic heterocycles. The van der Waals surface area contributed by atoms with Gasteiger partial charge in [0.2, 0.25) is 0 Å². The smallest absolute Gasteiger partial charge is 0.262 e. The highest BCUT2D eigenvalue weighted by atomic mass is 32.2. The fraction of sp³-hybridized carbons (Fsp3) is 0.261. The molecule has 0 aliphatic heterocycles. The first-order chi connectivity index (χ1) is 16.4. The molecule has 2 heterocycles. The summed E-state index contributed by atoms with van der Waals surface area (Å²) in [4.78, 5) is 8.72. The third-order valence-electron chi connectivity index (χ3n) is 6.10. The predicted octanol–water partition coefficient (Wildman–Crippen LogP) is 3.58. The number of nitrogens with one attached hydrogen (secondary N) is 1. The van der Waals surface area contributed by atoms with Gasteiger partial charge in [-0.15, -0.1) is 0 Å². The maximum atomic E-state index is 12.8. The van der Waals surface area contributed by atoms with Gasteiger partial charge in [0.1, 0.15) is 23.6 Å². The summed E-state index contributed by atoms with van der Waals surface area (Å²) < 4.78 is 35.7. The molecule has 0 unspecified atom stereocenters. The van der Waals surface area contributed by atoms with Crippen LogP contribution in [-0.4, -0.2) is 35.3 Å². The fourth-order valence-electron chi connectivity index (χ4n) is 4.37. The van der Waals surface area contributed by atoms with Crippen molar-refractivity contribution in [3.63, 3.8) is 0 Å². The van der Waals surface area contributed by atoms with E-state index < -0.39 is 10.0 Å². The molecule has 4 aromatic rings. The van der Waals surface area contributed by atoms with Crippen molar-refractivity contribution in [1.29, 1.82) is 0 Å². The van der Waals surface area contributed by atoms with E-state index >= 15 is 0 Å². The number of sulfonamides is 1. The normalized spacial score (nSPS) is 14.5. The van der Waals surface area contributed by atoms with Gasteiger partial charge in [-0.05, 0) is 49.2 Å². The van der Waals surface area contributed by atoms with Gasteiger partial charge in [-0.2, -0.15) is 5.10 Å².